The third-order valence-corrected chi connectivity index (χ3v) is 6.16. The lowest BCUT2D eigenvalue weighted by Crippen LogP contribution is -2.29. The Kier molecular flexibility index (Phi) is 7.15. The number of ether oxygens (including phenoxy) is 1. The molecular formula is C28H27NO7. The molecular weight excluding hydrogens is 462 g/mol. The summed E-state index contributed by atoms with van der Waals surface area (Å²) in [6.45, 7) is 1.95. The molecule has 1 atom stereocenters. The van der Waals surface area contributed by atoms with Crippen molar-refractivity contribution in [3.63, 3.8) is 0 Å². The number of carbonyl (C=O) groups is 1. The minimum absolute atomic E-state index is 0.0357. The standard InChI is InChI=1S/C28H27NO7/c1-17-14-23(32)27(28(34)29(17)13-12-18-8-9-21(30)22(31)15-18)20(16-26(33)35-2)25-11-10-24(36-25)19-6-4-3-5-7-19/h3-11,14-15,20,30-32H,12-13,16H2,1-2H3/t20-/m1/s1. The van der Waals surface area contributed by atoms with Crippen molar-refractivity contribution in [1.29, 1.82) is 0 Å². The Hall–Kier alpha value is -4.46. The molecule has 0 unspecified atom stereocenters. The Bertz CT molecular complexity index is 1440. The van der Waals surface area contributed by atoms with Crippen molar-refractivity contribution in [3.05, 3.63) is 99.7 Å². The number of furan rings is 1. The number of hydrogen-bond acceptors (Lipinski definition) is 7. The molecule has 0 fully saturated rings. The van der Waals surface area contributed by atoms with Crippen molar-refractivity contribution in [2.45, 2.75) is 32.2 Å². The Labute approximate surface area is 207 Å². The lowest BCUT2D eigenvalue weighted by atomic mass is 9.93. The zero-order chi connectivity index (χ0) is 25.8. The van der Waals surface area contributed by atoms with E-state index in [0.717, 1.165) is 11.1 Å². The van der Waals surface area contributed by atoms with E-state index in [0.29, 0.717) is 23.6 Å². The number of aromatic nitrogens is 1. The SMILES string of the molecule is COC(=O)C[C@H](c1ccc(-c2ccccc2)o1)c1c(O)cc(C)n(CCc2ccc(O)c(O)c2)c1=O. The van der Waals surface area contributed by atoms with Gasteiger partial charge in [-0.1, -0.05) is 36.4 Å². The molecule has 8 heteroatoms. The number of esters is 1. The van der Waals surface area contributed by atoms with Crippen LogP contribution in [0.15, 0.2) is 75.9 Å². The first-order chi connectivity index (χ1) is 17.3. The van der Waals surface area contributed by atoms with Gasteiger partial charge in [-0.25, -0.2) is 0 Å². The number of nitrogens with zero attached hydrogens (tertiary/aromatic N) is 1. The van der Waals surface area contributed by atoms with Crippen LogP contribution in [0.25, 0.3) is 11.3 Å². The second kappa shape index (κ2) is 10.4. The lowest BCUT2D eigenvalue weighted by molar-refractivity contribution is -0.140. The van der Waals surface area contributed by atoms with Crippen LogP contribution < -0.4 is 5.56 Å². The van der Waals surface area contributed by atoms with Gasteiger partial charge in [0.05, 0.1) is 25.0 Å². The summed E-state index contributed by atoms with van der Waals surface area (Å²) >= 11 is 0. The van der Waals surface area contributed by atoms with Gasteiger partial charge < -0.3 is 29.0 Å². The van der Waals surface area contributed by atoms with E-state index in [1.807, 2.05) is 30.3 Å². The molecule has 2 aromatic heterocycles. The number of rotatable bonds is 8. The fraction of sp³-hybridized carbons (Fsp3) is 0.214. The largest absolute Gasteiger partial charge is 0.507 e. The fourth-order valence-corrected chi connectivity index (χ4v) is 4.23. The van der Waals surface area contributed by atoms with Gasteiger partial charge in [-0.3, -0.25) is 9.59 Å². The van der Waals surface area contributed by atoms with Crippen molar-refractivity contribution in [2.24, 2.45) is 0 Å². The van der Waals surface area contributed by atoms with E-state index >= 15 is 0 Å². The van der Waals surface area contributed by atoms with E-state index < -0.39 is 17.4 Å². The molecule has 36 heavy (non-hydrogen) atoms. The van der Waals surface area contributed by atoms with Crippen LogP contribution in [0.2, 0.25) is 0 Å². The predicted molar refractivity (Wildman–Crippen MR) is 133 cm³/mol. The van der Waals surface area contributed by atoms with Crippen molar-refractivity contribution in [2.75, 3.05) is 7.11 Å². The molecule has 0 saturated heterocycles. The maximum Gasteiger partial charge on any atom is 0.306 e. The minimum Gasteiger partial charge on any atom is -0.507 e. The molecule has 0 radical (unpaired) electrons. The second-order valence-electron chi connectivity index (χ2n) is 8.52. The first-order valence-corrected chi connectivity index (χ1v) is 11.4. The summed E-state index contributed by atoms with van der Waals surface area (Å²) in [5.74, 6) is -1.20. The number of carbonyl (C=O) groups excluding carboxylic acids is 1. The smallest absolute Gasteiger partial charge is 0.306 e. The number of aromatic hydroxyl groups is 3. The molecule has 4 rings (SSSR count). The minimum atomic E-state index is -0.869. The topological polar surface area (TPSA) is 122 Å². The highest BCUT2D eigenvalue weighted by atomic mass is 16.5. The van der Waals surface area contributed by atoms with Crippen LogP contribution >= 0.6 is 0 Å². The first kappa shape index (κ1) is 24.7. The van der Waals surface area contributed by atoms with E-state index in [1.165, 1.54) is 29.9 Å². The lowest BCUT2D eigenvalue weighted by Gasteiger charge is -2.19. The van der Waals surface area contributed by atoms with Gasteiger partial charge in [0.15, 0.2) is 11.5 Å². The van der Waals surface area contributed by atoms with Gasteiger partial charge in [-0.15, -0.1) is 0 Å². The van der Waals surface area contributed by atoms with Crippen LogP contribution in [0.3, 0.4) is 0 Å². The molecule has 8 nitrogen and oxygen atoms in total. The van der Waals surface area contributed by atoms with E-state index in [4.69, 9.17) is 9.15 Å². The molecule has 0 saturated carbocycles. The predicted octanol–water partition coefficient (Wildman–Crippen LogP) is 4.47. The maximum atomic E-state index is 13.6. The molecule has 0 aliphatic heterocycles. The van der Waals surface area contributed by atoms with Gasteiger partial charge >= 0.3 is 5.97 Å². The van der Waals surface area contributed by atoms with Crippen LogP contribution in [0.5, 0.6) is 17.2 Å². The van der Waals surface area contributed by atoms with Crippen molar-refractivity contribution >= 4 is 5.97 Å². The molecule has 0 bridgehead atoms. The van der Waals surface area contributed by atoms with Crippen molar-refractivity contribution in [3.8, 4) is 28.6 Å². The summed E-state index contributed by atoms with van der Waals surface area (Å²) in [4.78, 5) is 25.9. The van der Waals surface area contributed by atoms with Gasteiger partial charge in [0.25, 0.3) is 5.56 Å². The Balaban J connectivity index is 1.73. The number of pyridine rings is 1. The number of hydrogen-bond donors (Lipinski definition) is 3. The molecule has 2 heterocycles. The summed E-state index contributed by atoms with van der Waals surface area (Å²) < 4.78 is 12.4. The van der Waals surface area contributed by atoms with Gasteiger partial charge in [-0.05, 0) is 49.2 Å². The van der Waals surface area contributed by atoms with E-state index in [1.54, 1.807) is 25.1 Å². The molecule has 3 N–H and O–H groups in total. The van der Waals surface area contributed by atoms with Gasteiger partial charge in [0.1, 0.15) is 17.3 Å². The number of aryl methyl sites for hydroxylation is 2. The molecule has 0 aliphatic rings. The van der Waals surface area contributed by atoms with Crippen molar-refractivity contribution < 1.29 is 29.3 Å². The average molecular weight is 490 g/mol. The average Bonchev–Trinajstić information content (AvgIpc) is 3.36. The van der Waals surface area contributed by atoms with Crippen LogP contribution in [-0.2, 0) is 22.5 Å². The summed E-state index contributed by atoms with van der Waals surface area (Å²) in [6, 6.07) is 18.8. The molecule has 0 aliphatic carbocycles. The Morgan fingerprint density at radius 2 is 1.72 bits per heavy atom. The summed E-state index contributed by atoms with van der Waals surface area (Å²) in [7, 11) is 1.26. The summed E-state index contributed by atoms with van der Waals surface area (Å²) in [5.41, 5.74) is 1.67. The Morgan fingerprint density at radius 1 is 0.972 bits per heavy atom. The van der Waals surface area contributed by atoms with Crippen LogP contribution in [0.1, 0.15) is 34.9 Å². The maximum absolute atomic E-state index is 13.6. The van der Waals surface area contributed by atoms with E-state index in [9.17, 15) is 24.9 Å². The monoisotopic (exact) mass is 489 g/mol. The van der Waals surface area contributed by atoms with Gasteiger partial charge in [0, 0.05) is 17.8 Å². The second-order valence-corrected chi connectivity index (χ2v) is 8.52. The summed E-state index contributed by atoms with van der Waals surface area (Å²) in [6.07, 6.45) is 0.190. The molecule has 4 aromatic rings. The number of phenols is 2. The molecule has 0 spiro atoms. The van der Waals surface area contributed by atoms with Crippen molar-refractivity contribution in [1.82, 2.24) is 4.57 Å². The van der Waals surface area contributed by atoms with Gasteiger partial charge in [-0.2, -0.15) is 0 Å². The van der Waals surface area contributed by atoms with Gasteiger partial charge in [0.2, 0.25) is 0 Å². The summed E-state index contributed by atoms with van der Waals surface area (Å²) in [5, 5.41) is 30.1. The molecule has 2 aromatic carbocycles. The highest BCUT2D eigenvalue weighted by Crippen LogP contribution is 2.35. The van der Waals surface area contributed by atoms with Crippen LogP contribution in [0.4, 0.5) is 0 Å². The molecule has 186 valence electrons. The number of benzene rings is 2. The Morgan fingerprint density at radius 3 is 2.42 bits per heavy atom. The third kappa shape index (κ3) is 5.12. The van der Waals surface area contributed by atoms with E-state index in [-0.39, 0.29) is 35.8 Å². The highest BCUT2D eigenvalue weighted by molar-refractivity contribution is 5.71. The highest BCUT2D eigenvalue weighted by Gasteiger charge is 2.29. The quantitative estimate of drug-likeness (QED) is 0.247. The zero-order valence-electron chi connectivity index (χ0n) is 20.0. The fourth-order valence-electron chi connectivity index (χ4n) is 4.23. The normalized spacial score (nSPS) is 11.8. The molecule has 0 amide bonds. The number of methoxy groups -OCH3 is 1. The van der Waals surface area contributed by atoms with Crippen LogP contribution in [-0.4, -0.2) is 33.0 Å². The number of phenolic OH excluding ortho intramolecular Hbond substituents is 2. The van der Waals surface area contributed by atoms with E-state index in [2.05, 4.69) is 0 Å². The third-order valence-electron chi connectivity index (χ3n) is 6.16. The first-order valence-electron chi connectivity index (χ1n) is 11.4. The van der Waals surface area contributed by atoms with Crippen LogP contribution in [0, 0.1) is 6.92 Å². The zero-order valence-corrected chi connectivity index (χ0v) is 20.0.